The zero-order valence-electron chi connectivity index (χ0n) is 17.5. The van der Waals surface area contributed by atoms with Gasteiger partial charge in [0.2, 0.25) is 5.89 Å². The molecule has 1 atom stereocenters. The number of aryl methyl sites for hydroxylation is 3. The van der Waals surface area contributed by atoms with Crippen LogP contribution in [0.15, 0.2) is 22.6 Å². The summed E-state index contributed by atoms with van der Waals surface area (Å²) < 4.78 is 16.8. The minimum atomic E-state index is 0.191. The molecule has 0 aliphatic heterocycles. The van der Waals surface area contributed by atoms with Gasteiger partial charge in [0.1, 0.15) is 17.3 Å². The van der Waals surface area contributed by atoms with E-state index in [2.05, 4.69) is 25.8 Å². The summed E-state index contributed by atoms with van der Waals surface area (Å²) in [6.45, 7) is 8.94. The number of rotatable bonds is 7. The molecule has 0 saturated heterocycles. The van der Waals surface area contributed by atoms with Gasteiger partial charge < -0.3 is 13.9 Å². The van der Waals surface area contributed by atoms with Crippen molar-refractivity contribution >= 4 is 11.3 Å². The van der Waals surface area contributed by atoms with Gasteiger partial charge in [-0.3, -0.25) is 4.90 Å². The average molecular weight is 402 g/mol. The lowest BCUT2D eigenvalue weighted by molar-refractivity contribution is 0.245. The minimum Gasteiger partial charge on any atom is -0.497 e. The van der Waals surface area contributed by atoms with Crippen molar-refractivity contribution in [2.75, 3.05) is 21.3 Å². The van der Waals surface area contributed by atoms with E-state index < -0.39 is 0 Å². The highest BCUT2D eigenvalue weighted by Gasteiger charge is 2.21. The first-order chi connectivity index (χ1) is 13.3. The highest BCUT2D eigenvalue weighted by atomic mass is 32.1. The molecule has 0 saturated carbocycles. The number of oxazole rings is 1. The Balaban J connectivity index is 1.86. The topological polar surface area (TPSA) is 60.6 Å². The number of thiazole rings is 1. The normalized spacial score (nSPS) is 12.4. The molecule has 28 heavy (non-hydrogen) atoms. The van der Waals surface area contributed by atoms with Gasteiger partial charge in [0, 0.05) is 11.4 Å². The number of aromatic nitrogens is 2. The molecule has 1 aromatic carbocycles. The summed E-state index contributed by atoms with van der Waals surface area (Å²) in [5.41, 5.74) is 2.80. The van der Waals surface area contributed by atoms with Crippen LogP contribution in [-0.2, 0) is 6.54 Å². The van der Waals surface area contributed by atoms with E-state index >= 15 is 0 Å². The predicted molar refractivity (Wildman–Crippen MR) is 111 cm³/mol. The van der Waals surface area contributed by atoms with Gasteiger partial charge in [-0.1, -0.05) is 0 Å². The lowest BCUT2D eigenvalue weighted by atomic mass is 10.2. The summed E-state index contributed by atoms with van der Waals surface area (Å²) in [7, 11) is 5.35. The molecule has 0 bridgehead atoms. The fraction of sp³-hybridized carbons (Fsp3) is 0.429. The highest BCUT2D eigenvalue weighted by molar-refractivity contribution is 7.11. The van der Waals surface area contributed by atoms with Gasteiger partial charge in [0.05, 0.1) is 42.2 Å². The van der Waals surface area contributed by atoms with Crippen molar-refractivity contribution in [3.05, 3.63) is 45.2 Å². The molecule has 2 heterocycles. The predicted octanol–water partition coefficient (Wildman–Crippen LogP) is 4.93. The summed E-state index contributed by atoms with van der Waals surface area (Å²) in [6.07, 6.45) is 0. The molecule has 150 valence electrons. The third-order valence-electron chi connectivity index (χ3n) is 4.93. The zero-order valence-corrected chi connectivity index (χ0v) is 18.3. The molecule has 0 spiro atoms. The summed E-state index contributed by atoms with van der Waals surface area (Å²) in [4.78, 5) is 12.9. The zero-order chi connectivity index (χ0) is 20.4. The van der Waals surface area contributed by atoms with Crippen molar-refractivity contribution in [3.63, 3.8) is 0 Å². The monoisotopic (exact) mass is 401 g/mol. The number of methoxy groups -OCH3 is 2. The maximum absolute atomic E-state index is 5.97. The molecule has 0 aliphatic rings. The number of benzene rings is 1. The van der Waals surface area contributed by atoms with Gasteiger partial charge >= 0.3 is 0 Å². The van der Waals surface area contributed by atoms with Crippen molar-refractivity contribution in [1.29, 1.82) is 0 Å². The molecule has 7 heteroatoms. The lowest BCUT2D eigenvalue weighted by Crippen LogP contribution is -2.23. The minimum absolute atomic E-state index is 0.191. The Kier molecular flexibility index (Phi) is 6.05. The SMILES string of the molecule is COc1ccc(OC)c(-c2nc(CN(C)[C@@H](C)c3nc(C)sc3C)c(C)o2)c1. The standard InChI is InChI=1S/C21H27N3O3S/c1-12(20-14(3)28-15(4)22-20)24(5)11-18-13(2)27-21(23-18)17-10-16(25-6)8-9-19(17)26-7/h8-10,12H,11H2,1-7H3/t12-/m0/s1. The quantitative estimate of drug-likeness (QED) is 0.559. The second-order valence-electron chi connectivity index (χ2n) is 6.85. The fourth-order valence-corrected chi connectivity index (χ4v) is 4.09. The molecule has 6 nitrogen and oxygen atoms in total. The van der Waals surface area contributed by atoms with Crippen molar-refractivity contribution in [2.24, 2.45) is 0 Å². The second-order valence-corrected chi connectivity index (χ2v) is 8.26. The number of nitrogens with zero attached hydrogens (tertiary/aromatic N) is 3. The second kappa shape index (κ2) is 8.32. The molecule has 0 amide bonds. The van der Waals surface area contributed by atoms with Crippen LogP contribution in [-0.4, -0.2) is 36.1 Å². The van der Waals surface area contributed by atoms with E-state index in [1.54, 1.807) is 25.6 Å². The van der Waals surface area contributed by atoms with Crippen molar-refractivity contribution < 1.29 is 13.9 Å². The van der Waals surface area contributed by atoms with Crippen LogP contribution in [0.2, 0.25) is 0 Å². The number of ether oxygens (including phenoxy) is 2. The first kappa shape index (κ1) is 20.4. The van der Waals surface area contributed by atoms with Crippen LogP contribution in [0.25, 0.3) is 11.5 Å². The largest absolute Gasteiger partial charge is 0.497 e. The summed E-state index contributed by atoms with van der Waals surface area (Å²) in [6, 6.07) is 5.78. The Labute approximate surface area is 170 Å². The molecular weight excluding hydrogens is 374 g/mol. The third kappa shape index (κ3) is 4.05. The molecule has 2 aromatic heterocycles. The smallest absolute Gasteiger partial charge is 0.230 e. The van der Waals surface area contributed by atoms with E-state index in [0.29, 0.717) is 18.2 Å². The molecular formula is C21H27N3O3S. The van der Waals surface area contributed by atoms with Crippen LogP contribution >= 0.6 is 11.3 Å². The summed E-state index contributed by atoms with van der Waals surface area (Å²) in [5, 5.41) is 1.10. The third-order valence-corrected chi connectivity index (χ3v) is 5.83. The van der Waals surface area contributed by atoms with Gasteiger partial charge in [-0.15, -0.1) is 11.3 Å². The van der Waals surface area contributed by atoms with E-state index in [9.17, 15) is 0 Å². The van der Waals surface area contributed by atoms with Gasteiger partial charge in [0.15, 0.2) is 0 Å². The fourth-order valence-electron chi connectivity index (χ4n) is 3.19. The molecule has 3 rings (SSSR count). The molecule has 0 fully saturated rings. The van der Waals surface area contributed by atoms with E-state index in [1.165, 1.54) is 4.88 Å². The first-order valence-corrected chi connectivity index (χ1v) is 9.98. The van der Waals surface area contributed by atoms with Crippen molar-refractivity contribution in [2.45, 2.75) is 40.3 Å². The lowest BCUT2D eigenvalue weighted by Gasteiger charge is -2.23. The van der Waals surface area contributed by atoms with Crippen molar-refractivity contribution in [3.8, 4) is 23.0 Å². The van der Waals surface area contributed by atoms with Crippen molar-refractivity contribution in [1.82, 2.24) is 14.9 Å². The van der Waals surface area contributed by atoms with E-state index in [-0.39, 0.29) is 6.04 Å². The van der Waals surface area contributed by atoms with Gasteiger partial charge in [0.25, 0.3) is 0 Å². The highest BCUT2D eigenvalue weighted by Crippen LogP contribution is 2.34. The Bertz CT molecular complexity index is 964. The average Bonchev–Trinajstić information content (AvgIpc) is 3.21. The van der Waals surface area contributed by atoms with Crippen LogP contribution in [0.3, 0.4) is 0 Å². The van der Waals surface area contributed by atoms with Gasteiger partial charge in [-0.2, -0.15) is 0 Å². The Morgan fingerprint density at radius 2 is 1.89 bits per heavy atom. The Morgan fingerprint density at radius 1 is 1.14 bits per heavy atom. The first-order valence-electron chi connectivity index (χ1n) is 9.16. The maximum atomic E-state index is 5.97. The Morgan fingerprint density at radius 3 is 2.50 bits per heavy atom. The van der Waals surface area contributed by atoms with Crippen LogP contribution in [0.4, 0.5) is 0 Å². The van der Waals surface area contributed by atoms with Crippen LogP contribution in [0.1, 0.15) is 40.0 Å². The van der Waals surface area contributed by atoms with E-state index in [4.69, 9.17) is 23.9 Å². The van der Waals surface area contributed by atoms with E-state index in [1.807, 2.05) is 32.0 Å². The maximum Gasteiger partial charge on any atom is 0.230 e. The molecule has 3 aromatic rings. The number of hydrogen-bond acceptors (Lipinski definition) is 7. The van der Waals surface area contributed by atoms with Gasteiger partial charge in [-0.25, -0.2) is 9.97 Å². The van der Waals surface area contributed by atoms with Crippen LogP contribution in [0.5, 0.6) is 11.5 Å². The van der Waals surface area contributed by atoms with E-state index in [0.717, 1.165) is 33.5 Å². The Hall–Kier alpha value is -2.38. The van der Waals surface area contributed by atoms with Crippen LogP contribution < -0.4 is 9.47 Å². The van der Waals surface area contributed by atoms with Crippen LogP contribution in [0, 0.1) is 20.8 Å². The number of hydrogen-bond donors (Lipinski definition) is 0. The molecule has 0 radical (unpaired) electrons. The summed E-state index contributed by atoms with van der Waals surface area (Å²) in [5.74, 6) is 2.76. The summed E-state index contributed by atoms with van der Waals surface area (Å²) >= 11 is 1.74. The molecule has 0 N–H and O–H groups in total. The molecule has 0 aliphatic carbocycles. The molecule has 0 unspecified atom stereocenters. The van der Waals surface area contributed by atoms with Gasteiger partial charge in [-0.05, 0) is 52.9 Å².